The molecule has 4 heteroatoms. The van der Waals surface area contributed by atoms with E-state index in [4.69, 9.17) is 4.74 Å². The van der Waals surface area contributed by atoms with E-state index in [0.29, 0.717) is 17.9 Å². The first kappa shape index (κ1) is 13.6. The van der Waals surface area contributed by atoms with Gasteiger partial charge in [-0.25, -0.2) is 0 Å². The van der Waals surface area contributed by atoms with Crippen LogP contribution in [0.15, 0.2) is 40.7 Å². The largest absolute Gasteiger partial charge is 0.504 e. The molecular weight excluding hydrogens is 258 g/mol. The second-order valence-electron chi connectivity index (χ2n) is 3.99. The van der Waals surface area contributed by atoms with Crippen LogP contribution >= 0.6 is 11.3 Å². The summed E-state index contributed by atoms with van der Waals surface area (Å²) in [6.45, 7) is 3.15. The highest BCUT2D eigenvalue weighted by molar-refractivity contribution is 7.09. The Morgan fingerprint density at radius 1 is 1.32 bits per heavy atom. The first-order chi connectivity index (χ1) is 9.31. The van der Waals surface area contributed by atoms with Gasteiger partial charge in [0.15, 0.2) is 11.5 Å². The number of phenols is 1. The van der Waals surface area contributed by atoms with Crippen molar-refractivity contribution in [1.82, 2.24) is 0 Å². The minimum absolute atomic E-state index is 0.157. The molecule has 0 aliphatic rings. The zero-order valence-corrected chi connectivity index (χ0v) is 11.7. The maximum Gasteiger partial charge on any atom is 0.166 e. The number of ether oxygens (including phenoxy) is 1. The van der Waals surface area contributed by atoms with E-state index in [1.54, 1.807) is 23.6 Å². The molecule has 0 bridgehead atoms. The molecular formula is C15H17NO2S. The van der Waals surface area contributed by atoms with Gasteiger partial charge in [0.2, 0.25) is 0 Å². The first-order valence-electron chi connectivity index (χ1n) is 6.28. The van der Waals surface area contributed by atoms with Crippen molar-refractivity contribution in [3.05, 3.63) is 46.2 Å². The zero-order valence-electron chi connectivity index (χ0n) is 10.9. The lowest BCUT2D eigenvalue weighted by atomic mass is 10.2. The van der Waals surface area contributed by atoms with Crippen molar-refractivity contribution < 1.29 is 9.84 Å². The highest BCUT2D eigenvalue weighted by Gasteiger charge is 2.05. The fourth-order valence-electron chi connectivity index (χ4n) is 1.71. The van der Waals surface area contributed by atoms with Crippen LogP contribution < -0.4 is 4.74 Å². The number of benzene rings is 1. The summed E-state index contributed by atoms with van der Waals surface area (Å²) in [6.07, 6.45) is 2.63. The Labute approximate surface area is 117 Å². The molecule has 19 heavy (non-hydrogen) atoms. The van der Waals surface area contributed by atoms with E-state index in [-0.39, 0.29) is 5.75 Å². The number of phenolic OH excluding ortho intramolecular Hbond substituents is 1. The number of aromatic hydroxyl groups is 1. The van der Waals surface area contributed by atoms with Gasteiger partial charge in [-0.1, -0.05) is 12.1 Å². The third kappa shape index (κ3) is 3.83. The molecule has 0 atom stereocenters. The number of para-hydroxylation sites is 1. The van der Waals surface area contributed by atoms with Crippen LogP contribution in [-0.2, 0) is 6.42 Å². The lowest BCUT2D eigenvalue weighted by Crippen LogP contribution is -1.94. The molecule has 0 amide bonds. The molecule has 100 valence electrons. The number of rotatable bonds is 6. The molecule has 0 unspecified atom stereocenters. The molecule has 1 aromatic carbocycles. The van der Waals surface area contributed by atoms with E-state index in [1.165, 1.54) is 4.88 Å². The van der Waals surface area contributed by atoms with Crippen molar-refractivity contribution >= 4 is 17.6 Å². The smallest absolute Gasteiger partial charge is 0.166 e. The molecule has 2 rings (SSSR count). The van der Waals surface area contributed by atoms with Gasteiger partial charge < -0.3 is 9.84 Å². The number of nitrogens with zero attached hydrogens (tertiary/aromatic N) is 1. The number of aliphatic imine (C=N–C) groups is 1. The monoisotopic (exact) mass is 275 g/mol. The number of thiophene rings is 1. The quantitative estimate of drug-likeness (QED) is 0.820. The minimum Gasteiger partial charge on any atom is -0.504 e. The van der Waals surface area contributed by atoms with Gasteiger partial charge >= 0.3 is 0 Å². The van der Waals surface area contributed by atoms with Crippen LogP contribution in [0.4, 0.5) is 0 Å². The normalized spacial score (nSPS) is 11.0. The average Bonchev–Trinajstić information content (AvgIpc) is 2.92. The Balaban J connectivity index is 1.96. The summed E-state index contributed by atoms with van der Waals surface area (Å²) < 4.78 is 5.33. The van der Waals surface area contributed by atoms with Gasteiger partial charge in [-0.3, -0.25) is 4.99 Å². The van der Waals surface area contributed by atoms with E-state index in [9.17, 15) is 5.11 Å². The van der Waals surface area contributed by atoms with Crippen molar-refractivity contribution in [2.45, 2.75) is 13.3 Å². The van der Waals surface area contributed by atoms with Crippen LogP contribution in [0.5, 0.6) is 11.5 Å². The van der Waals surface area contributed by atoms with Gasteiger partial charge in [-0.05, 0) is 30.5 Å². The molecule has 0 radical (unpaired) electrons. The van der Waals surface area contributed by atoms with Crippen LogP contribution in [0.1, 0.15) is 17.4 Å². The molecule has 2 aromatic rings. The Bertz CT molecular complexity index is 535. The Morgan fingerprint density at radius 3 is 2.95 bits per heavy atom. The highest BCUT2D eigenvalue weighted by Crippen LogP contribution is 2.28. The van der Waals surface area contributed by atoms with Crippen molar-refractivity contribution in [3.8, 4) is 11.5 Å². The summed E-state index contributed by atoms with van der Waals surface area (Å²) in [6, 6.07) is 9.58. The van der Waals surface area contributed by atoms with Crippen LogP contribution in [-0.4, -0.2) is 24.5 Å². The summed E-state index contributed by atoms with van der Waals surface area (Å²) in [5, 5.41) is 12.1. The lowest BCUT2D eigenvalue weighted by molar-refractivity contribution is 0.318. The van der Waals surface area contributed by atoms with Crippen LogP contribution in [0.3, 0.4) is 0 Å². The van der Waals surface area contributed by atoms with Crippen LogP contribution in [0.2, 0.25) is 0 Å². The molecule has 1 N–H and O–H groups in total. The Kier molecular flexibility index (Phi) is 4.98. The lowest BCUT2D eigenvalue weighted by Gasteiger charge is -2.07. The number of hydrogen-bond donors (Lipinski definition) is 1. The second-order valence-corrected chi connectivity index (χ2v) is 5.02. The topological polar surface area (TPSA) is 41.8 Å². The van der Waals surface area contributed by atoms with Gasteiger partial charge in [0.25, 0.3) is 0 Å². The molecule has 0 fully saturated rings. The average molecular weight is 275 g/mol. The number of hydrogen-bond acceptors (Lipinski definition) is 4. The molecule has 0 aliphatic heterocycles. The van der Waals surface area contributed by atoms with Crippen LogP contribution in [0.25, 0.3) is 0 Å². The second kappa shape index (κ2) is 6.95. The van der Waals surface area contributed by atoms with E-state index < -0.39 is 0 Å². The summed E-state index contributed by atoms with van der Waals surface area (Å²) in [5.41, 5.74) is 0.692. The maximum absolute atomic E-state index is 9.99. The molecule has 0 saturated heterocycles. The summed E-state index contributed by atoms with van der Waals surface area (Å²) in [7, 11) is 0. The summed E-state index contributed by atoms with van der Waals surface area (Å²) in [5.74, 6) is 0.661. The third-order valence-electron chi connectivity index (χ3n) is 2.63. The van der Waals surface area contributed by atoms with Crippen molar-refractivity contribution in [2.75, 3.05) is 13.2 Å². The molecule has 3 nitrogen and oxygen atoms in total. The van der Waals surface area contributed by atoms with Gasteiger partial charge in [0.05, 0.1) is 6.61 Å². The predicted molar refractivity (Wildman–Crippen MR) is 79.8 cm³/mol. The van der Waals surface area contributed by atoms with E-state index in [1.807, 2.05) is 25.1 Å². The third-order valence-corrected chi connectivity index (χ3v) is 3.56. The fourth-order valence-corrected chi connectivity index (χ4v) is 2.41. The van der Waals surface area contributed by atoms with Crippen LogP contribution in [0, 0.1) is 0 Å². The van der Waals surface area contributed by atoms with E-state index in [2.05, 4.69) is 16.4 Å². The molecule has 0 spiro atoms. The van der Waals surface area contributed by atoms with Crippen molar-refractivity contribution in [2.24, 2.45) is 4.99 Å². The first-order valence-corrected chi connectivity index (χ1v) is 7.16. The van der Waals surface area contributed by atoms with E-state index in [0.717, 1.165) is 13.0 Å². The maximum atomic E-state index is 9.99. The summed E-state index contributed by atoms with van der Waals surface area (Å²) in [4.78, 5) is 5.67. The SMILES string of the molecule is CCOc1cccc(C=NCCc2cccs2)c1O. The molecule has 0 aliphatic carbocycles. The van der Waals surface area contributed by atoms with Crippen molar-refractivity contribution in [3.63, 3.8) is 0 Å². The van der Waals surface area contributed by atoms with Gasteiger partial charge in [-0.15, -0.1) is 11.3 Å². The molecule has 1 aromatic heterocycles. The fraction of sp³-hybridized carbons (Fsp3) is 0.267. The van der Waals surface area contributed by atoms with E-state index >= 15 is 0 Å². The van der Waals surface area contributed by atoms with Gasteiger partial charge in [0.1, 0.15) is 0 Å². The molecule has 0 saturated carbocycles. The zero-order chi connectivity index (χ0) is 13.5. The predicted octanol–water partition coefficient (Wildman–Crippen LogP) is 3.51. The molecule has 1 heterocycles. The Hall–Kier alpha value is -1.81. The minimum atomic E-state index is 0.157. The van der Waals surface area contributed by atoms with Crippen molar-refractivity contribution in [1.29, 1.82) is 0 Å². The van der Waals surface area contributed by atoms with Gasteiger partial charge in [-0.2, -0.15) is 0 Å². The standard InChI is InChI=1S/C15H17NO2S/c1-2-18-14-7-3-5-12(15(14)17)11-16-9-8-13-6-4-10-19-13/h3-7,10-11,17H,2,8-9H2,1H3. The Morgan fingerprint density at radius 2 is 2.21 bits per heavy atom. The highest BCUT2D eigenvalue weighted by atomic mass is 32.1. The van der Waals surface area contributed by atoms with Gasteiger partial charge in [0, 0.05) is 29.6 Å². The summed E-state index contributed by atoms with van der Waals surface area (Å²) >= 11 is 1.74.